The summed E-state index contributed by atoms with van der Waals surface area (Å²) >= 11 is 1.56. The van der Waals surface area contributed by atoms with Crippen molar-refractivity contribution >= 4 is 28.6 Å². The number of carbonyl (C=O) groups excluding carboxylic acids is 1. The maximum absolute atomic E-state index is 12.5. The van der Waals surface area contributed by atoms with Gasteiger partial charge in [-0.1, -0.05) is 66.7 Å². The van der Waals surface area contributed by atoms with E-state index in [0.717, 1.165) is 28.0 Å². The highest BCUT2D eigenvalue weighted by molar-refractivity contribution is 7.08. The molecule has 0 saturated heterocycles. The molecule has 1 unspecified atom stereocenters. The van der Waals surface area contributed by atoms with Gasteiger partial charge in [-0.3, -0.25) is 4.99 Å². The van der Waals surface area contributed by atoms with Crippen molar-refractivity contribution in [2.75, 3.05) is 13.7 Å². The SMILES string of the molecule is COC(=O)C(C/C=C(\CO)c1ccsc1)N=C(c1ccccc1)c1ccccc1. The number of nitrogens with zero attached hydrogens (tertiary/aromatic N) is 1. The van der Waals surface area contributed by atoms with Crippen molar-refractivity contribution in [3.8, 4) is 0 Å². The molecule has 4 nitrogen and oxygen atoms in total. The van der Waals surface area contributed by atoms with Crippen LogP contribution in [0.5, 0.6) is 0 Å². The smallest absolute Gasteiger partial charge is 0.330 e. The van der Waals surface area contributed by atoms with E-state index in [9.17, 15) is 9.90 Å². The Kier molecular flexibility index (Phi) is 7.50. The fourth-order valence-electron chi connectivity index (χ4n) is 2.98. The summed E-state index contributed by atoms with van der Waals surface area (Å²) in [5, 5.41) is 13.7. The Hall–Kier alpha value is -3.02. The van der Waals surface area contributed by atoms with Crippen LogP contribution >= 0.6 is 11.3 Å². The Labute approximate surface area is 174 Å². The minimum Gasteiger partial charge on any atom is -0.467 e. The molecule has 1 N–H and O–H groups in total. The van der Waals surface area contributed by atoms with E-state index in [1.54, 1.807) is 11.3 Å². The predicted molar refractivity (Wildman–Crippen MR) is 118 cm³/mol. The van der Waals surface area contributed by atoms with Gasteiger partial charge in [0.05, 0.1) is 19.4 Å². The average molecular weight is 406 g/mol. The molecule has 0 radical (unpaired) electrons. The van der Waals surface area contributed by atoms with E-state index >= 15 is 0 Å². The number of aliphatic hydroxyl groups excluding tert-OH is 1. The van der Waals surface area contributed by atoms with Crippen molar-refractivity contribution in [3.05, 3.63) is 100 Å². The summed E-state index contributed by atoms with van der Waals surface area (Å²) in [6.45, 7) is -0.0986. The number of carbonyl (C=O) groups is 1. The van der Waals surface area contributed by atoms with Gasteiger partial charge in [-0.25, -0.2) is 4.79 Å². The van der Waals surface area contributed by atoms with Crippen molar-refractivity contribution in [1.29, 1.82) is 0 Å². The third-order valence-corrected chi connectivity index (χ3v) is 5.19. The lowest BCUT2D eigenvalue weighted by atomic mass is 10.0. The van der Waals surface area contributed by atoms with E-state index in [4.69, 9.17) is 9.73 Å². The first-order chi connectivity index (χ1) is 14.2. The average Bonchev–Trinajstić information content (AvgIpc) is 3.31. The highest BCUT2D eigenvalue weighted by Gasteiger charge is 2.20. The van der Waals surface area contributed by atoms with Crippen LogP contribution in [0.1, 0.15) is 23.1 Å². The van der Waals surface area contributed by atoms with Crippen LogP contribution < -0.4 is 0 Å². The number of methoxy groups -OCH3 is 1. The number of hydrogen-bond acceptors (Lipinski definition) is 5. The van der Waals surface area contributed by atoms with E-state index in [0.29, 0.717) is 6.42 Å². The minimum absolute atomic E-state index is 0.0986. The monoisotopic (exact) mass is 405 g/mol. The summed E-state index contributed by atoms with van der Waals surface area (Å²) in [7, 11) is 1.37. The van der Waals surface area contributed by atoms with Crippen LogP contribution in [0.15, 0.2) is 88.6 Å². The summed E-state index contributed by atoms with van der Waals surface area (Å²) in [5.74, 6) is -0.409. The van der Waals surface area contributed by atoms with Gasteiger partial charge in [-0.15, -0.1) is 0 Å². The number of benzene rings is 2. The molecule has 3 aromatic rings. The molecule has 0 bridgehead atoms. The molecule has 1 aromatic heterocycles. The first-order valence-corrected chi connectivity index (χ1v) is 10.3. The maximum atomic E-state index is 12.5. The second kappa shape index (κ2) is 10.5. The van der Waals surface area contributed by atoms with Crippen LogP contribution in [-0.2, 0) is 9.53 Å². The van der Waals surface area contributed by atoms with Gasteiger partial charge in [0.2, 0.25) is 0 Å². The third-order valence-electron chi connectivity index (χ3n) is 4.50. The van der Waals surface area contributed by atoms with Crippen molar-refractivity contribution in [3.63, 3.8) is 0 Å². The van der Waals surface area contributed by atoms with Gasteiger partial charge in [-0.2, -0.15) is 11.3 Å². The number of rotatable bonds is 8. The van der Waals surface area contributed by atoms with Gasteiger partial charge in [-0.05, 0) is 34.4 Å². The topological polar surface area (TPSA) is 58.9 Å². The molecule has 0 fully saturated rings. The Balaban J connectivity index is 1.99. The van der Waals surface area contributed by atoms with Crippen LogP contribution in [0.2, 0.25) is 0 Å². The molecule has 0 amide bonds. The quantitative estimate of drug-likeness (QED) is 0.440. The van der Waals surface area contributed by atoms with Crippen LogP contribution in [0, 0.1) is 0 Å². The lowest BCUT2D eigenvalue weighted by molar-refractivity contribution is -0.141. The number of ether oxygens (including phenoxy) is 1. The molecule has 0 aliphatic rings. The standard InChI is InChI=1S/C24H23NO3S/c1-28-24(27)22(13-12-20(16-26)21-14-15-29-17-21)25-23(18-8-4-2-5-9-18)19-10-6-3-7-11-19/h2-12,14-15,17,22,26H,13,16H2,1H3/b20-12+. The lowest BCUT2D eigenvalue weighted by Crippen LogP contribution is -2.22. The highest BCUT2D eigenvalue weighted by atomic mass is 32.1. The normalized spacial score (nSPS) is 12.3. The molecule has 148 valence electrons. The molecule has 1 heterocycles. The van der Waals surface area contributed by atoms with Crippen LogP contribution in [0.3, 0.4) is 0 Å². The fraction of sp³-hybridized carbons (Fsp3) is 0.167. The van der Waals surface area contributed by atoms with Crippen molar-refractivity contribution in [2.45, 2.75) is 12.5 Å². The molecule has 2 aromatic carbocycles. The highest BCUT2D eigenvalue weighted by Crippen LogP contribution is 2.20. The zero-order valence-electron chi connectivity index (χ0n) is 16.2. The van der Waals surface area contributed by atoms with Crippen molar-refractivity contribution < 1.29 is 14.6 Å². The summed E-state index contributed by atoms with van der Waals surface area (Å²) in [5.41, 5.74) is 4.32. The Morgan fingerprint density at radius 2 is 1.66 bits per heavy atom. The minimum atomic E-state index is -0.712. The van der Waals surface area contributed by atoms with E-state index in [2.05, 4.69) is 0 Å². The van der Waals surface area contributed by atoms with Gasteiger partial charge in [0.15, 0.2) is 6.04 Å². The second-order valence-electron chi connectivity index (χ2n) is 6.38. The number of hydrogen-bond donors (Lipinski definition) is 1. The van der Waals surface area contributed by atoms with Gasteiger partial charge >= 0.3 is 5.97 Å². The number of thiophene rings is 1. The van der Waals surface area contributed by atoms with Crippen molar-refractivity contribution in [1.82, 2.24) is 0 Å². The van der Waals surface area contributed by atoms with Gasteiger partial charge in [0, 0.05) is 11.1 Å². The Morgan fingerprint density at radius 3 is 2.14 bits per heavy atom. The summed E-state index contributed by atoms with van der Waals surface area (Å²) < 4.78 is 5.01. The first kappa shape index (κ1) is 20.7. The number of aliphatic imine (C=N–C) groups is 1. The van der Waals surface area contributed by atoms with E-state index in [1.807, 2.05) is 83.6 Å². The van der Waals surface area contributed by atoms with E-state index in [-0.39, 0.29) is 6.61 Å². The molecule has 0 aliphatic carbocycles. The van der Waals surface area contributed by atoms with Crippen LogP contribution in [0.25, 0.3) is 5.57 Å². The second-order valence-corrected chi connectivity index (χ2v) is 7.16. The van der Waals surface area contributed by atoms with Crippen LogP contribution in [-0.4, -0.2) is 36.5 Å². The molecule has 29 heavy (non-hydrogen) atoms. The van der Waals surface area contributed by atoms with E-state index in [1.165, 1.54) is 7.11 Å². The summed E-state index contributed by atoms with van der Waals surface area (Å²) in [6, 6.07) is 20.8. The molecule has 1 atom stereocenters. The molecular weight excluding hydrogens is 382 g/mol. The Morgan fingerprint density at radius 1 is 1.03 bits per heavy atom. The van der Waals surface area contributed by atoms with Crippen LogP contribution in [0.4, 0.5) is 0 Å². The first-order valence-electron chi connectivity index (χ1n) is 9.32. The van der Waals surface area contributed by atoms with Gasteiger partial charge in [0.25, 0.3) is 0 Å². The van der Waals surface area contributed by atoms with Gasteiger partial charge in [0.1, 0.15) is 0 Å². The third kappa shape index (κ3) is 5.50. The summed E-state index contributed by atoms with van der Waals surface area (Å²) in [6.07, 6.45) is 2.20. The van der Waals surface area contributed by atoms with E-state index < -0.39 is 12.0 Å². The summed E-state index contributed by atoms with van der Waals surface area (Å²) in [4.78, 5) is 17.3. The van der Waals surface area contributed by atoms with Gasteiger partial charge < -0.3 is 9.84 Å². The zero-order chi connectivity index (χ0) is 20.5. The molecule has 0 spiro atoms. The lowest BCUT2D eigenvalue weighted by Gasteiger charge is -2.14. The predicted octanol–water partition coefficient (Wildman–Crippen LogP) is 4.59. The molecule has 3 rings (SSSR count). The molecule has 5 heteroatoms. The molecule has 0 aliphatic heterocycles. The maximum Gasteiger partial charge on any atom is 0.330 e. The largest absolute Gasteiger partial charge is 0.467 e. The molecule has 0 saturated carbocycles. The number of esters is 1. The number of aliphatic hydroxyl groups is 1. The Bertz CT molecular complexity index is 922. The fourth-order valence-corrected chi connectivity index (χ4v) is 3.66. The zero-order valence-corrected chi connectivity index (χ0v) is 17.0. The molecular formula is C24H23NO3S. The van der Waals surface area contributed by atoms with Crippen molar-refractivity contribution in [2.24, 2.45) is 4.99 Å².